The van der Waals surface area contributed by atoms with Gasteiger partial charge in [-0.3, -0.25) is 43.2 Å². The van der Waals surface area contributed by atoms with Crippen LogP contribution in [0.5, 0.6) is 0 Å². The molecule has 0 aliphatic carbocycles. The molecule has 0 spiro atoms. The van der Waals surface area contributed by atoms with Crippen LogP contribution in [-0.2, 0) is 81.0 Å². The summed E-state index contributed by atoms with van der Waals surface area (Å²) in [5, 5.41) is 0. The Morgan fingerprint density at radius 1 is 0.385 bits per heavy atom. The van der Waals surface area contributed by atoms with Gasteiger partial charge in [-0.25, -0.2) is 0 Å². The van der Waals surface area contributed by atoms with Gasteiger partial charge < -0.3 is 37.9 Å². The quantitative estimate of drug-likeness (QED) is 0.0371. The molecule has 0 heterocycles. The number of Topliss-reactive ketones (excluding diaryl/α,β-unsaturated/α-hetero) is 3. The third-order valence-corrected chi connectivity index (χ3v) is 16.7. The van der Waals surface area contributed by atoms with Gasteiger partial charge in [0.1, 0.15) is 17.3 Å². The molecular formula is C79H146O17. The third kappa shape index (κ3) is 45.6. The van der Waals surface area contributed by atoms with E-state index < -0.39 is 17.4 Å². The molecule has 17 heteroatoms. The summed E-state index contributed by atoms with van der Waals surface area (Å²) in [6, 6.07) is 9.36. The Balaban J connectivity index is -0.000000134. The molecule has 0 fully saturated rings. The van der Waals surface area contributed by atoms with Gasteiger partial charge in [0.05, 0.1) is 105 Å². The zero-order valence-electron chi connectivity index (χ0n) is 63.1. The number of hydrogen-bond acceptors (Lipinski definition) is 17. The standard InChI is InChI=1S/C14H18O3.C13H24O3.C13H24O2.C12H22O3.C12H22O2.C11H20O4.4CH4/c1-10(2)14(16)12(9-13(15)17-3)11-7-5-4-6-8-11;1-9(2)10(3)11(8-12(14)15-6)13(4,5)16-7;1-7-10(4)12(8-13(14)15-6)11(5)9(2)3;1-8(2)11(14)9(12(3,4)5)7-10(13)15-6;1-8(2)10(5)11(9(3)4)7-12(13)14-6;1-7(2)11(13)9(8(3)14-4)6-10(12)15-5;;;;/h4-8,10,12H,9H2,1-3H3;9,11H,3,8H2,1-2,4-7H3;9-10,12H,5,7-8H2,1-4,6H3;8-9H,7H2,1-6H3;8-9,11H,5,7H2,1-4,6H3;7-9H,6H2,1-5H3;4*1H4. The number of ketones is 3. The van der Waals surface area contributed by atoms with Gasteiger partial charge in [-0.1, -0.05) is 234 Å². The van der Waals surface area contributed by atoms with Crippen molar-refractivity contribution in [2.24, 2.45) is 82.3 Å². The number of rotatable bonds is 32. The fourth-order valence-electron chi connectivity index (χ4n) is 9.34. The maximum atomic E-state index is 12.1. The highest BCUT2D eigenvalue weighted by Crippen LogP contribution is 2.35. The Hall–Kier alpha value is -5.81. The lowest BCUT2D eigenvalue weighted by atomic mass is 9.74. The molecule has 1 aromatic rings. The molecule has 0 saturated heterocycles. The highest BCUT2D eigenvalue weighted by molar-refractivity contribution is 5.91. The number of methoxy groups -OCH3 is 8. The van der Waals surface area contributed by atoms with Crippen molar-refractivity contribution < 1.29 is 81.0 Å². The Morgan fingerprint density at radius 2 is 0.698 bits per heavy atom. The first-order valence-corrected chi connectivity index (χ1v) is 32.5. The summed E-state index contributed by atoms with van der Waals surface area (Å²) in [6.07, 6.45) is 2.39. The van der Waals surface area contributed by atoms with Crippen molar-refractivity contribution in [1.29, 1.82) is 0 Å². The van der Waals surface area contributed by atoms with Crippen LogP contribution in [-0.4, -0.2) is 122 Å². The van der Waals surface area contributed by atoms with E-state index in [9.17, 15) is 43.2 Å². The number of carbonyl (C=O) groups excluding carboxylic acids is 9. The van der Waals surface area contributed by atoms with Crippen LogP contribution in [0.2, 0.25) is 0 Å². The van der Waals surface area contributed by atoms with Gasteiger partial charge in [0.25, 0.3) is 0 Å². The van der Waals surface area contributed by atoms with E-state index in [0.717, 1.165) is 28.7 Å². The van der Waals surface area contributed by atoms with Crippen LogP contribution in [0.4, 0.5) is 0 Å². The zero-order chi connectivity index (χ0) is 73.3. The average Bonchev–Trinajstić information content (AvgIpc) is 0.877. The largest absolute Gasteiger partial charge is 0.469 e. The molecule has 0 saturated carbocycles. The first-order chi connectivity index (χ1) is 42.3. The van der Waals surface area contributed by atoms with Crippen LogP contribution in [0.1, 0.15) is 238 Å². The van der Waals surface area contributed by atoms with Gasteiger partial charge in [0.2, 0.25) is 0 Å². The molecular weight excluding hydrogens is 1220 g/mol. The second-order valence-electron chi connectivity index (χ2n) is 27.2. The van der Waals surface area contributed by atoms with Gasteiger partial charge in [-0.05, 0) is 73.2 Å². The fraction of sp³-hybridized carbons (Fsp3) is 0.734. The van der Waals surface area contributed by atoms with Gasteiger partial charge in [-0.15, -0.1) is 0 Å². The van der Waals surface area contributed by atoms with E-state index in [-0.39, 0.29) is 155 Å². The SMILES string of the molecule is C.C.C.C.C=C(C(C)C)C(CC(=O)OC)C(C)(C)OC.C=C(C(C)C)C(CC(=O)OC)C(C)C.C=C(C(C)C)C(CC(=O)OC)C(C)CC.COC(=O)CC(C(=O)C(C)C)C(C)(C)C.COC(=O)CC(C(=O)C(C)C)C(C)OC.COC(=O)CC(C(=O)C(C)C)c1ccccc1. The normalized spacial score (nSPS) is 13.1. The number of esters is 6. The van der Waals surface area contributed by atoms with Gasteiger partial charge in [-0.2, -0.15) is 0 Å². The smallest absolute Gasteiger partial charge is 0.306 e. The summed E-state index contributed by atoms with van der Waals surface area (Å²) in [5.74, 6) is -0.0665. The lowest BCUT2D eigenvalue weighted by Crippen LogP contribution is -2.37. The highest BCUT2D eigenvalue weighted by atomic mass is 16.5. The summed E-state index contributed by atoms with van der Waals surface area (Å²) >= 11 is 0. The van der Waals surface area contributed by atoms with E-state index in [4.69, 9.17) is 18.9 Å². The maximum absolute atomic E-state index is 12.1. The fourth-order valence-corrected chi connectivity index (χ4v) is 9.34. The molecule has 17 nitrogen and oxygen atoms in total. The zero-order valence-corrected chi connectivity index (χ0v) is 63.1. The molecule has 8 atom stereocenters. The van der Waals surface area contributed by atoms with Crippen molar-refractivity contribution in [3.8, 4) is 0 Å². The molecule has 564 valence electrons. The Bertz CT molecular complexity index is 2300. The number of carbonyl (C=O) groups is 9. The molecule has 0 aliphatic rings. The molecule has 1 rings (SSSR count). The number of hydrogen-bond donors (Lipinski definition) is 0. The Morgan fingerprint density at radius 3 is 0.990 bits per heavy atom. The van der Waals surface area contributed by atoms with Crippen molar-refractivity contribution in [3.63, 3.8) is 0 Å². The van der Waals surface area contributed by atoms with Crippen LogP contribution < -0.4 is 0 Å². The predicted octanol–water partition coefficient (Wildman–Crippen LogP) is 18.2. The Labute approximate surface area is 587 Å². The van der Waals surface area contributed by atoms with Crippen molar-refractivity contribution in [3.05, 3.63) is 72.4 Å². The van der Waals surface area contributed by atoms with E-state index in [2.05, 4.69) is 108 Å². The van der Waals surface area contributed by atoms with Crippen molar-refractivity contribution >= 4 is 53.2 Å². The van der Waals surface area contributed by atoms with E-state index in [1.165, 1.54) is 49.8 Å². The number of allylic oxidation sites excluding steroid dienone is 2. The van der Waals surface area contributed by atoms with Crippen LogP contribution in [0.3, 0.4) is 0 Å². The molecule has 0 aromatic heterocycles. The second-order valence-corrected chi connectivity index (χ2v) is 27.2. The molecule has 0 bridgehead atoms. The minimum Gasteiger partial charge on any atom is -0.469 e. The monoisotopic (exact) mass is 1370 g/mol. The molecule has 8 unspecified atom stereocenters. The lowest BCUT2D eigenvalue weighted by molar-refractivity contribution is -0.147. The maximum Gasteiger partial charge on any atom is 0.306 e. The van der Waals surface area contributed by atoms with Crippen LogP contribution in [0.25, 0.3) is 0 Å². The molecule has 0 aliphatic heterocycles. The Kier molecular flexibility index (Phi) is 64.8. The van der Waals surface area contributed by atoms with Gasteiger partial charge >= 0.3 is 35.8 Å². The van der Waals surface area contributed by atoms with Crippen molar-refractivity contribution in [2.75, 3.05) is 56.9 Å². The minimum atomic E-state index is -0.414. The number of benzene rings is 1. The van der Waals surface area contributed by atoms with E-state index in [0.29, 0.717) is 48.9 Å². The van der Waals surface area contributed by atoms with Crippen molar-refractivity contribution in [1.82, 2.24) is 0 Å². The molecule has 0 N–H and O–H groups in total. The predicted molar refractivity (Wildman–Crippen MR) is 396 cm³/mol. The van der Waals surface area contributed by atoms with Crippen LogP contribution in [0, 0.1) is 82.3 Å². The average molecular weight is 1370 g/mol. The third-order valence-electron chi connectivity index (χ3n) is 16.7. The number of ether oxygens (including phenoxy) is 8. The van der Waals surface area contributed by atoms with Crippen LogP contribution in [0.15, 0.2) is 66.8 Å². The molecule has 0 amide bonds. The van der Waals surface area contributed by atoms with E-state index in [1.54, 1.807) is 14.0 Å². The minimum absolute atomic E-state index is 0. The summed E-state index contributed by atoms with van der Waals surface area (Å²) in [7, 11) is 11.5. The molecule has 1 aromatic carbocycles. The van der Waals surface area contributed by atoms with E-state index >= 15 is 0 Å². The highest BCUT2D eigenvalue weighted by Gasteiger charge is 2.36. The summed E-state index contributed by atoms with van der Waals surface area (Å²) in [6.45, 7) is 56.0. The lowest BCUT2D eigenvalue weighted by Gasteiger charge is -2.35. The molecule has 0 radical (unpaired) electrons. The first-order valence-electron chi connectivity index (χ1n) is 32.5. The van der Waals surface area contributed by atoms with Gasteiger partial charge in [0.15, 0.2) is 0 Å². The topological polar surface area (TPSA) is 227 Å². The van der Waals surface area contributed by atoms with Crippen molar-refractivity contribution in [2.45, 2.75) is 245 Å². The molecule has 96 heavy (non-hydrogen) atoms. The van der Waals surface area contributed by atoms with Crippen LogP contribution >= 0.6 is 0 Å². The second kappa shape index (κ2) is 57.1. The van der Waals surface area contributed by atoms with E-state index in [1.807, 2.05) is 106 Å². The van der Waals surface area contributed by atoms with Gasteiger partial charge in [0, 0.05) is 43.8 Å². The first kappa shape index (κ1) is 109. The summed E-state index contributed by atoms with van der Waals surface area (Å²) < 4.78 is 38.5. The summed E-state index contributed by atoms with van der Waals surface area (Å²) in [5.41, 5.74) is 3.60. The summed E-state index contributed by atoms with van der Waals surface area (Å²) in [4.78, 5) is 103.